The first-order chi connectivity index (χ1) is 13.9. The van der Waals surface area contributed by atoms with Crippen molar-refractivity contribution in [2.75, 3.05) is 40.5 Å². The van der Waals surface area contributed by atoms with E-state index >= 15 is 0 Å². The number of esters is 1. The molecular formula is C18H22BrN3O6S. The number of hydrogen-bond acceptors (Lipinski definition) is 7. The maximum atomic E-state index is 12.7. The van der Waals surface area contributed by atoms with Crippen LogP contribution < -0.4 is 15.4 Å². The van der Waals surface area contributed by atoms with Crippen molar-refractivity contribution < 1.29 is 28.6 Å². The van der Waals surface area contributed by atoms with Gasteiger partial charge in [0.25, 0.3) is 5.91 Å². The number of methoxy groups -OCH3 is 2. The Morgan fingerprint density at radius 2 is 2.10 bits per heavy atom. The summed E-state index contributed by atoms with van der Waals surface area (Å²) < 4.78 is 15.8. The highest BCUT2D eigenvalue weighted by molar-refractivity contribution is 9.10. The summed E-state index contributed by atoms with van der Waals surface area (Å²) in [6, 6.07) is 4.12. The summed E-state index contributed by atoms with van der Waals surface area (Å²) in [6.07, 6.45) is -0.203. The molecule has 0 radical (unpaired) electrons. The third kappa shape index (κ3) is 6.38. The third-order valence-electron chi connectivity index (χ3n) is 4.13. The molecule has 158 valence electrons. The lowest BCUT2D eigenvalue weighted by Gasteiger charge is -2.36. The minimum atomic E-state index is -0.879. The Morgan fingerprint density at radius 1 is 1.34 bits per heavy atom. The number of hydrogen-bond donors (Lipinski definition) is 2. The Kier molecular flexibility index (Phi) is 8.80. The average molecular weight is 488 g/mol. The number of amides is 2. The minimum Gasteiger partial charge on any atom is -0.496 e. The van der Waals surface area contributed by atoms with Crippen molar-refractivity contribution in [3.05, 3.63) is 28.2 Å². The molecule has 2 amide bonds. The zero-order valence-electron chi connectivity index (χ0n) is 16.0. The van der Waals surface area contributed by atoms with Crippen molar-refractivity contribution in [3.63, 3.8) is 0 Å². The second-order valence-corrected chi connectivity index (χ2v) is 7.32. The van der Waals surface area contributed by atoms with Gasteiger partial charge in [0.15, 0.2) is 5.11 Å². The van der Waals surface area contributed by atoms with Gasteiger partial charge in [-0.05, 0) is 30.4 Å². The molecule has 11 heteroatoms. The van der Waals surface area contributed by atoms with Crippen LogP contribution in [0.4, 0.5) is 0 Å². The molecule has 2 rings (SSSR count). The Hall–Kier alpha value is -2.24. The van der Waals surface area contributed by atoms with Crippen LogP contribution >= 0.6 is 28.1 Å². The van der Waals surface area contributed by atoms with Gasteiger partial charge < -0.3 is 24.4 Å². The number of halogens is 1. The molecule has 0 bridgehead atoms. The summed E-state index contributed by atoms with van der Waals surface area (Å²) >= 11 is 8.66. The van der Waals surface area contributed by atoms with Crippen LogP contribution in [0.5, 0.6) is 5.75 Å². The van der Waals surface area contributed by atoms with Crippen LogP contribution in [0.15, 0.2) is 22.7 Å². The Morgan fingerprint density at radius 3 is 2.79 bits per heavy atom. The molecule has 1 aromatic carbocycles. The van der Waals surface area contributed by atoms with Crippen LogP contribution in [0.25, 0.3) is 0 Å². The predicted octanol–water partition coefficient (Wildman–Crippen LogP) is 0.853. The van der Waals surface area contributed by atoms with E-state index in [4.69, 9.17) is 26.4 Å². The van der Waals surface area contributed by atoms with Crippen LogP contribution in [-0.4, -0.2) is 74.4 Å². The van der Waals surface area contributed by atoms with E-state index in [2.05, 4.69) is 26.6 Å². The van der Waals surface area contributed by atoms with Gasteiger partial charge in [0.05, 0.1) is 25.7 Å². The highest BCUT2D eigenvalue weighted by Gasteiger charge is 2.34. The second-order valence-electron chi connectivity index (χ2n) is 6.02. The van der Waals surface area contributed by atoms with E-state index in [1.807, 2.05) is 0 Å². The van der Waals surface area contributed by atoms with Gasteiger partial charge >= 0.3 is 5.97 Å². The topological polar surface area (TPSA) is 106 Å². The van der Waals surface area contributed by atoms with E-state index in [-0.39, 0.29) is 36.2 Å². The standard InChI is InChI=1S/C18H22BrN3O6S/c1-26-7-8-28-15(23)10-13-17(25)20-5-6-22(13)18(29)21-16(24)12-9-11(19)3-4-14(12)27-2/h3-4,9,13H,5-8,10H2,1-2H3,(H,20,25)(H,21,24,29). The highest BCUT2D eigenvalue weighted by Crippen LogP contribution is 2.23. The molecule has 2 N–H and O–H groups in total. The molecule has 0 aromatic heterocycles. The molecule has 0 aliphatic carbocycles. The van der Waals surface area contributed by atoms with Gasteiger partial charge in [-0.25, -0.2) is 0 Å². The lowest BCUT2D eigenvalue weighted by atomic mass is 10.1. The zero-order valence-corrected chi connectivity index (χ0v) is 18.4. The molecule has 1 heterocycles. The molecule has 1 unspecified atom stereocenters. The fraction of sp³-hybridized carbons (Fsp3) is 0.444. The van der Waals surface area contributed by atoms with Gasteiger partial charge in [-0.2, -0.15) is 0 Å². The molecule has 1 atom stereocenters. The van der Waals surface area contributed by atoms with Gasteiger partial charge in [0.2, 0.25) is 5.91 Å². The number of carbonyl (C=O) groups is 3. The monoisotopic (exact) mass is 487 g/mol. The smallest absolute Gasteiger partial charge is 0.308 e. The Balaban J connectivity index is 2.08. The number of rotatable bonds is 7. The van der Waals surface area contributed by atoms with E-state index in [0.29, 0.717) is 23.3 Å². The summed E-state index contributed by atoms with van der Waals surface area (Å²) in [6.45, 7) is 1.03. The molecule has 1 fully saturated rings. The molecule has 1 aliphatic heterocycles. The molecule has 9 nitrogen and oxygen atoms in total. The summed E-state index contributed by atoms with van der Waals surface area (Å²) in [5, 5.41) is 5.34. The lowest BCUT2D eigenvalue weighted by molar-refractivity contribution is -0.148. The summed E-state index contributed by atoms with van der Waals surface area (Å²) in [5.41, 5.74) is 0.279. The van der Waals surface area contributed by atoms with Crippen LogP contribution in [-0.2, 0) is 19.1 Å². The maximum absolute atomic E-state index is 12.7. The average Bonchev–Trinajstić information content (AvgIpc) is 2.69. The van der Waals surface area contributed by atoms with Crippen LogP contribution in [0.1, 0.15) is 16.8 Å². The first-order valence-electron chi connectivity index (χ1n) is 8.75. The van der Waals surface area contributed by atoms with E-state index < -0.39 is 17.9 Å². The molecule has 0 spiro atoms. The lowest BCUT2D eigenvalue weighted by Crippen LogP contribution is -2.60. The molecule has 1 aromatic rings. The molecule has 0 saturated carbocycles. The van der Waals surface area contributed by atoms with Crippen molar-refractivity contribution in [2.45, 2.75) is 12.5 Å². The van der Waals surface area contributed by atoms with Gasteiger partial charge in [0, 0.05) is 24.7 Å². The Labute approximate surface area is 182 Å². The van der Waals surface area contributed by atoms with Crippen molar-refractivity contribution in [2.24, 2.45) is 0 Å². The van der Waals surface area contributed by atoms with E-state index in [1.54, 1.807) is 18.2 Å². The van der Waals surface area contributed by atoms with E-state index in [1.165, 1.54) is 19.1 Å². The van der Waals surface area contributed by atoms with Crippen molar-refractivity contribution >= 4 is 51.0 Å². The number of benzene rings is 1. The number of nitrogens with one attached hydrogen (secondary N) is 2. The Bertz CT molecular complexity index is 791. The zero-order chi connectivity index (χ0) is 21.4. The predicted molar refractivity (Wildman–Crippen MR) is 112 cm³/mol. The highest BCUT2D eigenvalue weighted by atomic mass is 79.9. The summed E-state index contributed by atoms with van der Waals surface area (Å²) in [5.74, 6) is -1.03. The number of thiocarbonyl (C=S) groups is 1. The van der Waals surface area contributed by atoms with E-state index in [0.717, 1.165) is 0 Å². The van der Waals surface area contributed by atoms with Gasteiger partial charge in [0.1, 0.15) is 18.4 Å². The summed E-state index contributed by atoms with van der Waals surface area (Å²) in [7, 11) is 2.95. The van der Waals surface area contributed by atoms with Crippen molar-refractivity contribution in [1.29, 1.82) is 0 Å². The van der Waals surface area contributed by atoms with Gasteiger partial charge in [-0.15, -0.1) is 0 Å². The quantitative estimate of drug-likeness (QED) is 0.331. The normalized spacial score (nSPS) is 16.0. The van der Waals surface area contributed by atoms with Crippen molar-refractivity contribution in [1.82, 2.24) is 15.5 Å². The fourth-order valence-corrected chi connectivity index (χ4v) is 3.38. The largest absolute Gasteiger partial charge is 0.496 e. The SMILES string of the molecule is COCCOC(=O)CC1C(=O)NCCN1C(=S)NC(=O)c1cc(Br)ccc1OC. The molecule has 29 heavy (non-hydrogen) atoms. The first-order valence-corrected chi connectivity index (χ1v) is 9.95. The fourth-order valence-electron chi connectivity index (χ4n) is 2.71. The van der Waals surface area contributed by atoms with Crippen molar-refractivity contribution in [3.8, 4) is 5.75 Å². The minimum absolute atomic E-state index is 0.0431. The number of carbonyl (C=O) groups excluding carboxylic acids is 3. The molecular weight excluding hydrogens is 466 g/mol. The van der Waals surface area contributed by atoms with Crippen LogP contribution in [0.2, 0.25) is 0 Å². The van der Waals surface area contributed by atoms with Crippen LogP contribution in [0, 0.1) is 0 Å². The number of piperazine rings is 1. The second kappa shape index (κ2) is 11.1. The molecule has 1 aliphatic rings. The molecule has 1 saturated heterocycles. The van der Waals surface area contributed by atoms with Gasteiger partial charge in [-0.1, -0.05) is 15.9 Å². The number of ether oxygens (including phenoxy) is 3. The first kappa shape index (κ1) is 23.0. The van der Waals surface area contributed by atoms with Crippen LogP contribution in [0.3, 0.4) is 0 Å². The van der Waals surface area contributed by atoms with Gasteiger partial charge in [-0.3, -0.25) is 19.7 Å². The summed E-state index contributed by atoms with van der Waals surface area (Å²) in [4.78, 5) is 38.5. The number of nitrogens with zero attached hydrogens (tertiary/aromatic N) is 1. The van der Waals surface area contributed by atoms with E-state index in [9.17, 15) is 14.4 Å². The third-order valence-corrected chi connectivity index (χ3v) is 4.96. The maximum Gasteiger partial charge on any atom is 0.308 e.